The fourth-order valence-electron chi connectivity index (χ4n) is 3.57. The zero-order valence-corrected chi connectivity index (χ0v) is 18.7. The van der Waals surface area contributed by atoms with E-state index >= 15 is 0 Å². The second-order valence-electron chi connectivity index (χ2n) is 7.35. The molecule has 1 N–H and O–H groups in total. The number of aromatic nitrogens is 1. The van der Waals surface area contributed by atoms with Gasteiger partial charge in [0, 0.05) is 25.8 Å². The molecule has 3 rings (SSSR count). The van der Waals surface area contributed by atoms with Gasteiger partial charge in [-0.3, -0.25) is 4.79 Å². The van der Waals surface area contributed by atoms with Gasteiger partial charge in [0.2, 0.25) is 0 Å². The predicted molar refractivity (Wildman–Crippen MR) is 121 cm³/mol. The van der Waals surface area contributed by atoms with Gasteiger partial charge in [0.15, 0.2) is 16.6 Å². The number of nitrogens with one attached hydrogen (secondary N) is 1. The molecule has 0 saturated heterocycles. The number of anilines is 2. The summed E-state index contributed by atoms with van der Waals surface area (Å²) in [4.78, 5) is 31.3. The maximum absolute atomic E-state index is 14.7. The van der Waals surface area contributed by atoms with Gasteiger partial charge in [-0.05, 0) is 49.7 Å². The molecule has 1 amide bonds. The normalized spacial score (nSPS) is 13.8. The maximum Gasteiger partial charge on any atom is 0.253 e. The van der Waals surface area contributed by atoms with Crippen LogP contribution in [0.15, 0.2) is 30.5 Å². The number of carbonyl (C=O) groups excluding carboxylic acids is 2. The molecule has 1 aromatic carbocycles. The molecule has 10 heteroatoms. The maximum atomic E-state index is 14.7. The van der Waals surface area contributed by atoms with E-state index in [2.05, 4.69) is 10.3 Å². The topological polar surface area (TPSA) is 98.6 Å². The summed E-state index contributed by atoms with van der Waals surface area (Å²) in [6.07, 6.45) is 4.23. The summed E-state index contributed by atoms with van der Waals surface area (Å²) in [5.41, 5.74) is -0.0184. The number of nitrogens with zero attached hydrogens (tertiary/aromatic N) is 4. The van der Waals surface area contributed by atoms with Crippen molar-refractivity contribution in [3.63, 3.8) is 0 Å². The lowest BCUT2D eigenvalue weighted by molar-refractivity contribution is -0.114. The molecule has 1 saturated carbocycles. The highest BCUT2D eigenvalue weighted by Gasteiger charge is 2.45. The Balaban J connectivity index is 2.05. The molecule has 0 unspecified atom stereocenters. The van der Waals surface area contributed by atoms with Crippen molar-refractivity contribution in [1.29, 1.82) is 5.26 Å². The van der Waals surface area contributed by atoms with Crippen molar-refractivity contribution >= 4 is 40.9 Å². The van der Waals surface area contributed by atoms with Gasteiger partial charge in [-0.15, -0.1) is 0 Å². The van der Waals surface area contributed by atoms with E-state index in [1.165, 1.54) is 32.5 Å². The first-order valence-corrected chi connectivity index (χ1v) is 10.2. The standard InChI is InChI=1S/C22H22FN5O3S/c1-25-20(30)16-6-5-14(9-17(16)23)28(22(13-29)7-4-8-22)21(32)27(2)15-10-19(31-3)18(11-24)26-12-15/h5-6,9-10,12-13H,4,7-8H2,1-3H3,(H,25,30). The summed E-state index contributed by atoms with van der Waals surface area (Å²) < 4.78 is 20.0. The number of pyridine rings is 1. The molecule has 0 aliphatic heterocycles. The van der Waals surface area contributed by atoms with E-state index < -0.39 is 17.3 Å². The van der Waals surface area contributed by atoms with E-state index in [0.29, 0.717) is 24.2 Å². The minimum Gasteiger partial charge on any atom is -0.494 e. The molecule has 32 heavy (non-hydrogen) atoms. The molecule has 1 fully saturated rings. The van der Waals surface area contributed by atoms with E-state index in [4.69, 9.17) is 22.2 Å². The first kappa shape index (κ1) is 23.1. The molecule has 1 aromatic heterocycles. The number of ether oxygens (including phenoxy) is 1. The van der Waals surface area contributed by atoms with Crippen LogP contribution < -0.4 is 19.9 Å². The van der Waals surface area contributed by atoms with Crippen LogP contribution in [-0.2, 0) is 4.79 Å². The molecule has 0 bridgehead atoms. The van der Waals surface area contributed by atoms with Crippen molar-refractivity contribution in [1.82, 2.24) is 10.3 Å². The molecule has 2 aromatic rings. The number of amides is 1. The Morgan fingerprint density at radius 3 is 2.59 bits per heavy atom. The first-order chi connectivity index (χ1) is 15.3. The van der Waals surface area contributed by atoms with Crippen molar-refractivity contribution in [3.05, 3.63) is 47.5 Å². The van der Waals surface area contributed by atoms with Crippen LogP contribution in [0.2, 0.25) is 0 Å². The summed E-state index contributed by atoms with van der Waals surface area (Å²) in [7, 11) is 4.53. The number of carbonyl (C=O) groups is 2. The minimum atomic E-state index is -0.920. The van der Waals surface area contributed by atoms with Crippen LogP contribution in [0.1, 0.15) is 35.3 Å². The zero-order chi connectivity index (χ0) is 23.5. The van der Waals surface area contributed by atoms with Crippen LogP contribution in [0.3, 0.4) is 0 Å². The molecule has 1 aliphatic rings. The van der Waals surface area contributed by atoms with Crippen molar-refractivity contribution in [2.45, 2.75) is 24.8 Å². The van der Waals surface area contributed by atoms with Gasteiger partial charge in [0.1, 0.15) is 23.7 Å². The van der Waals surface area contributed by atoms with E-state index in [0.717, 1.165) is 12.7 Å². The Kier molecular flexibility index (Phi) is 6.69. The number of methoxy groups -OCH3 is 1. The van der Waals surface area contributed by atoms with Gasteiger partial charge < -0.3 is 24.6 Å². The molecule has 0 spiro atoms. The Morgan fingerprint density at radius 1 is 1.38 bits per heavy atom. The van der Waals surface area contributed by atoms with E-state index in [1.807, 2.05) is 6.07 Å². The van der Waals surface area contributed by atoms with Crippen LogP contribution in [0.5, 0.6) is 5.75 Å². The van der Waals surface area contributed by atoms with Gasteiger partial charge in [-0.25, -0.2) is 9.37 Å². The molecule has 8 nitrogen and oxygen atoms in total. The zero-order valence-electron chi connectivity index (χ0n) is 17.9. The highest BCUT2D eigenvalue weighted by Crippen LogP contribution is 2.40. The smallest absolute Gasteiger partial charge is 0.253 e. The molecular formula is C22H22FN5O3S. The van der Waals surface area contributed by atoms with Crippen LogP contribution in [-0.4, -0.2) is 49.0 Å². The third-order valence-electron chi connectivity index (χ3n) is 5.60. The van der Waals surface area contributed by atoms with Crippen molar-refractivity contribution in [2.75, 3.05) is 31.0 Å². The Morgan fingerprint density at radius 2 is 2.09 bits per heavy atom. The first-order valence-electron chi connectivity index (χ1n) is 9.82. The second-order valence-corrected chi connectivity index (χ2v) is 7.72. The summed E-state index contributed by atoms with van der Waals surface area (Å²) in [6.45, 7) is 0. The fraction of sp³-hybridized carbons (Fsp3) is 0.318. The number of aldehydes is 1. The largest absolute Gasteiger partial charge is 0.494 e. The number of rotatable bonds is 6. The van der Waals surface area contributed by atoms with Crippen LogP contribution in [0.25, 0.3) is 0 Å². The minimum absolute atomic E-state index is 0.106. The molecule has 0 radical (unpaired) electrons. The number of nitriles is 1. The van der Waals surface area contributed by atoms with Gasteiger partial charge in [0.25, 0.3) is 5.91 Å². The predicted octanol–water partition coefficient (Wildman–Crippen LogP) is 2.81. The summed E-state index contributed by atoms with van der Waals surface area (Å²) >= 11 is 5.73. The molecular weight excluding hydrogens is 433 g/mol. The van der Waals surface area contributed by atoms with Crippen molar-refractivity contribution in [2.24, 2.45) is 0 Å². The average molecular weight is 456 g/mol. The number of benzene rings is 1. The van der Waals surface area contributed by atoms with Gasteiger partial charge in [-0.2, -0.15) is 5.26 Å². The lowest BCUT2D eigenvalue weighted by Gasteiger charge is -2.48. The SMILES string of the molecule is CNC(=O)c1ccc(N(C(=S)N(C)c2cnc(C#N)c(OC)c2)C2(C=O)CCC2)cc1F. The molecule has 166 valence electrons. The van der Waals surface area contributed by atoms with Crippen LogP contribution in [0, 0.1) is 17.1 Å². The Hall–Kier alpha value is -3.58. The fourth-order valence-corrected chi connectivity index (χ4v) is 3.96. The molecule has 0 atom stereocenters. The van der Waals surface area contributed by atoms with Gasteiger partial charge in [-0.1, -0.05) is 0 Å². The Bertz CT molecular complexity index is 1110. The second kappa shape index (κ2) is 9.28. The van der Waals surface area contributed by atoms with Gasteiger partial charge in [0.05, 0.1) is 24.6 Å². The number of hydrogen-bond acceptors (Lipinski definition) is 6. The third kappa shape index (κ3) is 3.99. The highest BCUT2D eigenvalue weighted by atomic mass is 32.1. The number of halogens is 1. The quantitative estimate of drug-likeness (QED) is 0.525. The van der Waals surface area contributed by atoms with E-state index in [-0.39, 0.29) is 22.1 Å². The summed E-state index contributed by atoms with van der Waals surface area (Å²) in [5, 5.41) is 11.8. The molecule has 1 heterocycles. The highest BCUT2D eigenvalue weighted by molar-refractivity contribution is 7.80. The summed E-state index contributed by atoms with van der Waals surface area (Å²) in [6, 6.07) is 7.69. The Labute approximate surface area is 190 Å². The number of hydrogen-bond donors (Lipinski definition) is 1. The third-order valence-corrected chi connectivity index (χ3v) is 6.05. The number of thiocarbonyl (C=S) groups is 1. The lowest BCUT2D eigenvalue weighted by Crippen LogP contribution is -2.60. The average Bonchev–Trinajstić information content (AvgIpc) is 2.79. The van der Waals surface area contributed by atoms with Crippen molar-refractivity contribution < 1.29 is 18.7 Å². The van der Waals surface area contributed by atoms with E-state index in [1.54, 1.807) is 29.0 Å². The van der Waals surface area contributed by atoms with Crippen LogP contribution >= 0.6 is 12.2 Å². The van der Waals surface area contributed by atoms with E-state index in [9.17, 15) is 14.0 Å². The molecule has 1 aliphatic carbocycles. The lowest BCUT2D eigenvalue weighted by atomic mass is 9.76. The monoisotopic (exact) mass is 455 g/mol. The van der Waals surface area contributed by atoms with Gasteiger partial charge >= 0.3 is 0 Å². The summed E-state index contributed by atoms with van der Waals surface area (Å²) in [5.74, 6) is -0.995. The van der Waals surface area contributed by atoms with Crippen molar-refractivity contribution in [3.8, 4) is 11.8 Å². The van der Waals surface area contributed by atoms with Crippen LogP contribution in [0.4, 0.5) is 15.8 Å².